The van der Waals surface area contributed by atoms with Gasteiger partial charge in [0, 0.05) is 32.4 Å². The number of piperidine rings is 1. The van der Waals surface area contributed by atoms with Crippen LogP contribution in [0.5, 0.6) is 0 Å². The van der Waals surface area contributed by atoms with Crippen LogP contribution in [0.15, 0.2) is 42.9 Å². The summed E-state index contributed by atoms with van der Waals surface area (Å²) in [7, 11) is 1.88. The maximum absolute atomic E-state index is 12.9. The summed E-state index contributed by atoms with van der Waals surface area (Å²) in [6, 6.07) is 7.60. The van der Waals surface area contributed by atoms with Crippen LogP contribution < -0.4 is 4.90 Å². The second-order valence-electron chi connectivity index (χ2n) is 6.44. The minimum absolute atomic E-state index is 0.0414. The van der Waals surface area contributed by atoms with Gasteiger partial charge in [0.25, 0.3) is 5.91 Å². The average molecular weight is 324 g/mol. The molecule has 2 atom stereocenters. The Labute approximate surface area is 140 Å². The van der Waals surface area contributed by atoms with E-state index in [9.17, 15) is 9.59 Å². The number of fused-ring (bicyclic) bond motifs is 1. The number of likely N-dealkylation sites (tertiary alicyclic amines) is 1. The molecular weight excluding hydrogens is 304 g/mol. The van der Waals surface area contributed by atoms with Crippen molar-refractivity contribution in [2.75, 3.05) is 11.4 Å². The van der Waals surface area contributed by atoms with Crippen molar-refractivity contribution in [2.24, 2.45) is 7.05 Å². The van der Waals surface area contributed by atoms with Gasteiger partial charge in [0.1, 0.15) is 5.69 Å². The fraction of sp³-hybridized carbons (Fsp3) is 0.389. The molecule has 0 saturated carbocycles. The first-order valence-corrected chi connectivity index (χ1v) is 8.31. The van der Waals surface area contributed by atoms with Gasteiger partial charge in [-0.2, -0.15) is 0 Å². The van der Waals surface area contributed by atoms with E-state index >= 15 is 0 Å². The number of carbonyl (C=O) groups excluding carboxylic acids is 2. The molecule has 2 amide bonds. The van der Waals surface area contributed by atoms with Crippen LogP contribution in [0.2, 0.25) is 0 Å². The maximum atomic E-state index is 12.9. The Morgan fingerprint density at radius 2 is 2.08 bits per heavy atom. The van der Waals surface area contributed by atoms with Gasteiger partial charge in [-0.15, -0.1) is 0 Å². The Kier molecular flexibility index (Phi) is 3.59. The van der Waals surface area contributed by atoms with Gasteiger partial charge in [-0.05, 0) is 37.1 Å². The lowest BCUT2D eigenvalue weighted by Gasteiger charge is -2.39. The molecule has 0 aliphatic carbocycles. The largest absolute Gasteiger partial charge is 0.347 e. The number of pyridine rings is 1. The molecule has 0 radical (unpaired) electrons. The molecular formula is C18H20N4O2. The van der Waals surface area contributed by atoms with Gasteiger partial charge in [-0.25, -0.2) is 0 Å². The molecule has 0 aromatic carbocycles. The van der Waals surface area contributed by atoms with Gasteiger partial charge in [0.05, 0.1) is 24.0 Å². The number of amides is 2. The van der Waals surface area contributed by atoms with Crippen LogP contribution in [0.1, 0.15) is 29.8 Å². The van der Waals surface area contributed by atoms with Crippen LogP contribution in [0, 0.1) is 0 Å². The van der Waals surface area contributed by atoms with E-state index in [1.807, 2.05) is 51.9 Å². The monoisotopic (exact) mass is 324 g/mol. The minimum atomic E-state index is 0.0414. The first kappa shape index (κ1) is 14.9. The summed E-state index contributed by atoms with van der Waals surface area (Å²) >= 11 is 0. The van der Waals surface area contributed by atoms with Crippen molar-refractivity contribution in [2.45, 2.75) is 31.3 Å². The smallest absolute Gasteiger partial charge is 0.270 e. The lowest BCUT2D eigenvalue weighted by atomic mass is 9.95. The van der Waals surface area contributed by atoms with Crippen LogP contribution in [0.25, 0.3) is 0 Å². The molecule has 2 aliphatic rings. The molecule has 2 saturated heterocycles. The van der Waals surface area contributed by atoms with E-state index in [4.69, 9.17) is 0 Å². The number of nitrogens with zero attached hydrogens (tertiary/aromatic N) is 4. The van der Waals surface area contributed by atoms with Gasteiger partial charge in [-0.1, -0.05) is 0 Å². The van der Waals surface area contributed by atoms with E-state index in [2.05, 4.69) is 4.98 Å². The highest BCUT2D eigenvalue weighted by atomic mass is 16.2. The molecule has 0 N–H and O–H groups in total. The van der Waals surface area contributed by atoms with E-state index in [1.54, 1.807) is 12.4 Å². The Balaban J connectivity index is 1.62. The molecule has 2 fully saturated rings. The first-order valence-electron chi connectivity index (χ1n) is 8.31. The summed E-state index contributed by atoms with van der Waals surface area (Å²) in [5.74, 6) is 0.174. The van der Waals surface area contributed by atoms with Crippen molar-refractivity contribution in [3.63, 3.8) is 0 Å². The highest BCUT2D eigenvalue weighted by molar-refractivity contribution is 5.97. The summed E-state index contributed by atoms with van der Waals surface area (Å²) in [6.07, 6.45) is 7.31. The third-order valence-corrected chi connectivity index (χ3v) is 5.11. The zero-order chi connectivity index (χ0) is 16.7. The second kappa shape index (κ2) is 5.78. The van der Waals surface area contributed by atoms with Crippen molar-refractivity contribution in [3.8, 4) is 0 Å². The zero-order valence-corrected chi connectivity index (χ0v) is 13.6. The molecule has 4 rings (SSSR count). The molecule has 124 valence electrons. The van der Waals surface area contributed by atoms with Gasteiger partial charge in [0.15, 0.2) is 0 Å². The van der Waals surface area contributed by atoms with E-state index in [1.165, 1.54) is 0 Å². The number of aromatic nitrogens is 2. The quantitative estimate of drug-likeness (QED) is 0.847. The topological polar surface area (TPSA) is 58.4 Å². The average Bonchev–Trinajstić information content (AvgIpc) is 3.21. The molecule has 2 aromatic rings. The normalized spacial score (nSPS) is 23.5. The van der Waals surface area contributed by atoms with Crippen LogP contribution in [-0.2, 0) is 11.8 Å². The summed E-state index contributed by atoms with van der Waals surface area (Å²) in [6.45, 7) is 0.684. The number of hydrogen-bond acceptors (Lipinski definition) is 3. The van der Waals surface area contributed by atoms with Crippen LogP contribution in [0.3, 0.4) is 0 Å². The lowest BCUT2D eigenvalue weighted by Crippen LogP contribution is -2.53. The number of hydrogen-bond donors (Lipinski definition) is 0. The molecule has 4 heterocycles. The highest BCUT2D eigenvalue weighted by Crippen LogP contribution is 2.35. The second-order valence-corrected chi connectivity index (χ2v) is 6.44. The first-order chi connectivity index (χ1) is 11.7. The molecule has 0 unspecified atom stereocenters. The predicted octanol–water partition coefficient (Wildman–Crippen LogP) is 1.83. The Hall–Kier alpha value is -2.63. The number of rotatable bonds is 2. The Morgan fingerprint density at radius 3 is 2.79 bits per heavy atom. The predicted molar refractivity (Wildman–Crippen MR) is 89.6 cm³/mol. The van der Waals surface area contributed by atoms with Crippen molar-refractivity contribution < 1.29 is 9.59 Å². The molecule has 0 spiro atoms. The van der Waals surface area contributed by atoms with Gasteiger partial charge >= 0.3 is 0 Å². The van der Waals surface area contributed by atoms with E-state index in [0.29, 0.717) is 18.7 Å². The number of anilines is 1. The van der Waals surface area contributed by atoms with Gasteiger partial charge < -0.3 is 14.4 Å². The van der Waals surface area contributed by atoms with Crippen molar-refractivity contribution >= 4 is 17.5 Å². The van der Waals surface area contributed by atoms with Crippen LogP contribution >= 0.6 is 0 Å². The molecule has 6 nitrogen and oxygen atoms in total. The SMILES string of the molecule is Cn1cccc1C(=O)N1CC[C@H]2[C@@H]1CCC(=O)N2c1cccnc1. The van der Waals surface area contributed by atoms with Crippen LogP contribution in [0.4, 0.5) is 5.69 Å². The Morgan fingerprint density at radius 1 is 1.21 bits per heavy atom. The van der Waals surface area contributed by atoms with E-state index in [0.717, 1.165) is 18.5 Å². The number of aryl methyl sites for hydroxylation is 1. The lowest BCUT2D eigenvalue weighted by molar-refractivity contribution is -0.120. The third kappa shape index (κ3) is 2.29. The summed E-state index contributed by atoms with van der Waals surface area (Å²) in [5.41, 5.74) is 1.52. The minimum Gasteiger partial charge on any atom is -0.347 e. The summed E-state index contributed by atoms with van der Waals surface area (Å²) < 4.78 is 1.85. The Bertz CT molecular complexity index is 770. The zero-order valence-electron chi connectivity index (χ0n) is 13.6. The third-order valence-electron chi connectivity index (χ3n) is 5.11. The van der Waals surface area contributed by atoms with Crippen molar-refractivity contribution in [1.82, 2.24) is 14.5 Å². The van der Waals surface area contributed by atoms with Crippen molar-refractivity contribution in [1.29, 1.82) is 0 Å². The fourth-order valence-corrected chi connectivity index (χ4v) is 3.98. The summed E-state index contributed by atoms with van der Waals surface area (Å²) in [4.78, 5) is 33.3. The summed E-state index contributed by atoms with van der Waals surface area (Å²) in [5, 5.41) is 0. The van der Waals surface area contributed by atoms with Gasteiger partial charge in [-0.3, -0.25) is 14.6 Å². The van der Waals surface area contributed by atoms with E-state index < -0.39 is 0 Å². The molecule has 2 aromatic heterocycles. The van der Waals surface area contributed by atoms with Gasteiger partial charge in [0.2, 0.25) is 5.91 Å². The van der Waals surface area contributed by atoms with Crippen molar-refractivity contribution in [3.05, 3.63) is 48.5 Å². The maximum Gasteiger partial charge on any atom is 0.270 e. The molecule has 24 heavy (non-hydrogen) atoms. The number of carbonyl (C=O) groups is 2. The molecule has 6 heteroatoms. The standard InChI is InChI=1S/C18H20N4O2/c1-20-10-3-5-16(20)18(24)21-11-8-15-14(21)6-7-17(23)22(15)13-4-2-9-19-12-13/h2-5,9-10,12,14-15H,6-8,11H2,1H3/t14-,15-/m0/s1. The highest BCUT2D eigenvalue weighted by Gasteiger charge is 2.45. The molecule has 0 bridgehead atoms. The van der Waals surface area contributed by atoms with E-state index in [-0.39, 0.29) is 23.9 Å². The van der Waals surface area contributed by atoms with Crippen LogP contribution in [-0.4, -0.2) is 44.9 Å². The molecule has 2 aliphatic heterocycles. The fourth-order valence-electron chi connectivity index (χ4n) is 3.98.